The second-order valence-corrected chi connectivity index (χ2v) is 5.30. The summed E-state index contributed by atoms with van der Waals surface area (Å²) in [6.45, 7) is 2.56. The second-order valence-electron chi connectivity index (χ2n) is 5.30. The Labute approximate surface area is 127 Å². The summed E-state index contributed by atoms with van der Waals surface area (Å²) in [4.78, 5) is 12.8. The van der Waals surface area contributed by atoms with Crippen LogP contribution in [0.4, 0.5) is 0 Å². The van der Waals surface area contributed by atoms with Gasteiger partial charge in [0.25, 0.3) is 0 Å². The van der Waals surface area contributed by atoms with Gasteiger partial charge in [-0.1, -0.05) is 29.4 Å². The highest BCUT2D eigenvalue weighted by Crippen LogP contribution is 2.32. The SMILES string of the molecule is Cc1cnc(-c2noc(CC3OCc4ccccc43)n2)nc1. The molecule has 1 atom stereocenters. The Morgan fingerprint density at radius 2 is 1.95 bits per heavy atom. The standard InChI is InChI=1S/C16H14N4O2/c1-10-7-17-15(18-8-10)16-19-14(22-20-16)6-13-12-5-3-2-4-11(12)9-21-13/h2-5,7-8,13H,6,9H2,1H3. The van der Waals surface area contributed by atoms with E-state index in [0.29, 0.717) is 30.6 Å². The number of ether oxygens (including phenoxy) is 1. The Kier molecular flexibility index (Phi) is 3.16. The van der Waals surface area contributed by atoms with Gasteiger partial charge in [0.05, 0.1) is 19.1 Å². The highest BCUT2D eigenvalue weighted by Gasteiger charge is 2.25. The molecule has 1 unspecified atom stereocenters. The molecule has 1 aromatic carbocycles. The zero-order valence-electron chi connectivity index (χ0n) is 12.1. The van der Waals surface area contributed by atoms with E-state index in [2.05, 4.69) is 32.2 Å². The van der Waals surface area contributed by atoms with Crippen molar-refractivity contribution in [3.63, 3.8) is 0 Å². The molecule has 0 spiro atoms. The van der Waals surface area contributed by atoms with E-state index in [9.17, 15) is 0 Å². The van der Waals surface area contributed by atoms with E-state index < -0.39 is 0 Å². The van der Waals surface area contributed by atoms with Crippen LogP contribution in [0.1, 0.15) is 28.7 Å². The van der Waals surface area contributed by atoms with Crippen molar-refractivity contribution < 1.29 is 9.26 Å². The first kappa shape index (κ1) is 13.1. The van der Waals surface area contributed by atoms with Crippen LogP contribution in [-0.2, 0) is 17.8 Å². The van der Waals surface area contributed by atoms with Crippen molar-refractivity contribution in [1.29, 1.82) is 0 Å². The van der Waals surface area contributed by atoms with Crippen LogP contribution < -0.4 is 0 Å². The minimum absolute atomic E-state index is 0.0385. The molecular weight excluding hydrogens is 280 g/mol. The Morgan fingerprint density at radius 1 is 1.14 bits per heavy atom. The first-order valence-electron chi connectivity index (χ1n) is 7.10. The van der Waals surface area contributed by atoms with Crippen molar-refractivity contribution >= 4 is 0 Å². The van der Waals surface area contributed by atoms with Gasteiger partial charge in [-0.3, -0.25) is 0 Å². The highest BCUT2D eigenvalue weighted by molar-refractivity contribution is 5.41. The minimum atomic E-state index is -0.0385. The van der Waals surface area contributed by atoms with E-state index in [1.165, 1.54) is 11.1 Å². The number of hydrogen-bond acceptors (Lipinski definition) is 6. The minimum Gasteiger partial charge on any atom is -0.368 e. The molecule has 0 saturated carbocycles. The van der Waals surface area contributed by atoms with Crippen LogP contribution in [0.5, 0.6) is 0 Å². The maximum Gasteiger partial charge on any atom is 0.240 e. The van der Waals surface area contributed by atoms with Crippen molar-refractivity contribution in [1.82, 2.24) is 20.1 Å². The average Bonchev–Trinajstić information content (AvgIpc) is 3.16. The highest BCUT2D eigenvalue weighted by atomic mass is 16.5. The maximum atomic E-state index is 5.80. The third-order valence-electron chi connectivity index (χ3n) is 3.65. The molecule has 0 N–H and O–H groups in total. The van der Waals surface area contributed by atoms with Gasteiger partial charge in [0, 0.05) is 12.4 Å². The zero-order chi connectivity index (χ0) is 14.9. The van der Waals surface area contributed by atoms with Gasteiger partial charge in [0.2, 0.25) is 17.5 Å². The van der Waals surface area contributed by atoms with Gasteiger partial charge in [-0.2, -0.15) is 4.98 Å². The molecule has 110 valence electrons. The van der Waals surface area contributed by atoms with E-state index in [1.54, 1.807) is 12.4 Å². The quantitative estimate of drug-likeness (QED) is 0.739. The van der Waals surface area contributed by atoms with Crippen LogP contribution in [0.15, 0.2) is 41.2 Å². The summed E-state index contributed by atoms with van der Waals surface area (Å²) in [6.07, 6.45) is 3.97. The number of hydrogen-bond donors (Lipinski definition) is 0. The predicted octanol–water partition coefficient (Wildman–Crippen LogP) is 2.65. The molecule has 0 bridgehead atoms. The van der Waals surface area contributed by atoms with E-state index in [1.807, 2.05) is 19.1 Å². The van der Waals surface area contributed by atoms with E-state index in [-0.39, 0.29) is 6.10 Å². The lowest BCUT2D eigenvalue weighted by atomic mass is 10.0. The Balaban J connectivity index is 1.54. The summed E-state index contributed by atoms with van der Waals surface area (Å²) in [5, 5.41) is 3.95. The van der Waals surface area contributed by atoms with Gasteiger partial charge in [-0.05, 0) is 23.6 Å². The zero-order valence-corrected chi connectivity index (χ0v) is 12.1. The number of aryl methyl sites for hydroxylation is 1. The maximum absolute atomic E-state index is 5.80. The first-order valence-corrected chi connectivity index (χ1v) is 7.10. The van der Waals surface area contributed by atoms with Gasteiger partial charge >= 0.3 is 0 Å². The van der Waals surface area contributed by atoms with Gasteiger partial charge in [-0.25, -0.2) is 9.97 Å². The van der Waals surface area contributed by atoms with Crippen molar-refractivity contribution in [2.24, 2.45) is 0 Å². The summed E-state index contributed by atoms with van der Waals surface area (Å²) in [6, 6.07) is 8.19. The van der Waals surface area contributed by atoms with Gasteiger partial charge in [0.15, 0.2) is 0 Å². The van der Waals surface area contributed by atoms with Crippen LogP contribution in [0.25, 0.3) is 11.6 Å². The number of fused-ring (bicyclic) bond motifs is 1. The van der Waals surface area contributed by atoms with Crippen LogP contribution in [0.2, 0.25) is 0 Å². The molecule has 22 heavy (non-hydrogen) atoms. The van der Waals surface area contributed by atoms with Crippen LogP contribution in [-0.4, -0.2) is 20.1 Å². The van der Waals surface area contributed by atoms with E-state index in [0.717, 1.165) is 5.56 Å². The Bertz CT molecular complexity index is 798. The van der Waals surface area contributed by atoms with Crippen LogP contribution in [0.3, 0.4) is 0 Å². The fourth-order valence-electron chi connectivity index (χ4n) is 2.52. The smallest absolute Gasteiger partial charge is 0.240 e. The number of nitrogens with zero attached hydrogens (tertiary/aromatic N) is 4. The van der Waals surface area contributed by atoms with Crippen LogP contribution in [0, 0.1) is 6.92 Å². The van der Waals surface area contributed by atoms with E-state index >= 15 is 0 Å². The summed E-state index contributed by atoms with van der Waals surface area (Å²) >= 11 is 0. The lowest BCUT2D eigenvalue weighted by Crippen LogP contribution is -2.01. The Hall–Kier alpha value is -2.60. The molecular formula is C16H14N4O2. The molecule has 4 rings (SSSR count). The molecule has 3 aromatic rings. The molecule has 6 nitrogen and oxygen atoms in total. The molecule has 0 radical (unpaired) electrons. The molecule has 0 amide bonds. The van der Waals surface area contributed by atoms with Gasteiger partial charge < -0.3 is 9.26 Å². The molecule has 0 fully saturated rings. The van der Waals surface area contributed by atoms with Crippen molar-refractivity contribution in [3.8, 4) is 11.6 Å². The molecule has 3 heterocycles. The molecule has 6 heteroatoms. The number of aromatic nitrogens is 4. The summed E-state index contributed by atoms with van der Waals surface area (Å²) in [5.74, 6) is 1.40. The summed E-state index contributed by atoms with van der Waals surface area (Å²) in [5.41, 5.74) is 3.39. The summed E-state index contributed by atoms with van der Waals surface area (Å²) < 4.78 is 11.1. The third-order valence-corrected chi connectivity index (χ3v) is 3.65. The number of rotatable bonds is 3. The molecule has 1 aliphatic rings. The first-order chi connectivity index (χ1) is 10.8. The fraction of sp³-hybridized carbons (Fsp3) is 0.250. The predicted molar refractivity (Wildman–Crippen MR) is 77.7 cm³/mol. The molecule has 0 saturated heterocycles. The molecule has 2 aromatic heterocycles. The fourth-order valence-corrected chi connectivity index (χ4v) is 2.52. The lowest BCUT2D eigenvalue weighted by Gasteiger charge is -2.07. The normalized spacial score (nSPS) is 16.7. The average molecular weight is 294 g/mol. The van der Waals surface area contributed by atoms with E-state index in [4.69, 9.17) is 9.26 Å². The monoisotopic (exact) mass is 294 g/mol. The molecule has 0 aliphatic carbocycles. The van der Waals surface area contributed by atoms with Crippen molar-refractivity contribution in [2.75, 3.05) is 0 Å². The second kappa shape index (κ2) is 5.31. The number of benzene rings is 1. The molecule has 1 aliphatic heterocycles. The van der Waals surface area contributed by atoms with Crippen LogP contribution >= 0.6 is 0 Å². The lowest BCUT2D eigenvalue weighted by molar-refractivity contribution is 0.0608. The topological polar surface area (TPSA) is 73.9 Å². The third kappa shape index (κ3) is 2.37. The Morgan fingerprint density at radius 3 is 2.82 bits per heavy atom. The van der Waals surface area contributed by atoms with Crippen molar-refractivity contribution in [2.45, 2.75) is 26.1 Å². The summed E-state index contributed by atoms with van der Waals surface area (Å²) in [7, 11) is 0. The largest absolute Gasteiger partial charge is 0.368 e. The van der Waals surface area contributed by atoms with Gasteiger partial charge in [-0.15, -0.1) is 0 Å². The van der Waals surface area contributed by atoms with Crippen molar-refractivity contribution in [3.05, 3.63) is 59.2 Å². The van der Waals surface area contributed by atoms with Gasteiger partial charge in [0.1, 0.15) is 0 Å².